The SMILES string of the molecule is Cc1ccc(-c2nc(O)c(C3CCCC3)c(=O)[nH]2)cc1Br. The number of benzene rings is 1. The molecular formula is C16H17BrN2O2. The van der Waals surface area contributed by atoms with Crippen molar-refractivity contribution in [2.24, 2.45) is 0 Å². The van der Waals surface area contributed by atoms with E-state index < -0.39 is 0 Å². The van der Waals surface area contributed by atoms with Gasteiger partial charge in [-0.3, -0.25) is 4.79 Å². The summed E-state index contributed by atoms with van der Waals surface area (Å²) in [7, 11) is 0. The molecule has 0 atom stereocenters. The second-order valence-electron chi connectivity index (χ2n) is 5.60. The van der Waals surface area contributed by atoms with Crippen LogP contribution < -0.4 is 5.56 Å². The van der Waals surface area contributed by atoms with E-state index in [2.05, 4.69) is 25.9 Å². The standard InChI is InChI=1S/C16H17BrN2O2/c1-9-6-7-11(8-12(9)17)14-18-15(20)13(16(21)19-14)10-4-2-3-5-10/h6-8,10H,2-5H2,1H3,(H2,18,19,20,21). The smallest absolute Gasteiger partial charge is 0.258 e. The first-order valence-electron chi connectivity index (χ1n) is 7.16. The molecule has 1 aromatic heterocycles. The molecule has 1 saturated carbocycles. The lowest BCUT2D eigenvalue weighted by Gasteiger charge is -2.11. The largest absolute Gasteiger partial charge is 0.493 e. The van der Waals surface area contributed by atoms with Gasteiger partial charge in [0.1, 0.15) is 5.82 Å². The Morgan fingerprint density at radius 3 is 2.67 bits per heavy atom. The highest BCUT2D eigenvalue weighted by Gasteiger charge is 2.24. The van der Waals surface area contributed by atoms with Crippen LogP contribution in [0.25, 0.3) is 11.4 Å². The van der Waals surface area contributed by atoms with Crippen molar-refractivity contribution in [1.82, 2.24) is 9.97 Å². The molecule has 1 heterocycles. The van der Waals surface area contributed by atoms with Crippen molar-refractivity contribution in [1.29, 1.82) is 0 Å². The lowest BCUT2D eigenvalue weighted by atomic mass is 10.00. The lowest BCUT2D eigenvalue weighted by Crippen LogP contribution is -2.17. The second-order valence-corrected chi connectivity index (χ2v) is 6.45. The number of aryl methyl sites for hydroxylation is 1. The van der Waals surface area contributed by atoms with Crippen LogP contribution in [-0.4, -0.2) is 15.1 Å². The molecule has 0 amide bonds. The summed E-state index contributed by atoms with van der Waals surface area (Å²) in [6, 6.07) is 5.72. The summed E-state index contributed by atoms with van der Waals surface area (Å²) in [5.74, 6) is 0.414. The van der Waals surface area contributed by atoms with Crippen LogP contribution in [0.5, 0.6) is 5.88 Å². The summed E-state index contributed by atoms with van der Waals surface area (Å²) in [4.78, 5) is 19.3. The summed E-state index contributed by atoms with van der Waals surface area (Å²) in [5, 5.41) is 10.2. The quantitative estimate of drug-likeness (QED) is 0.865. The van der Waals surface area contributed by atoms with Crippen molar-refractivity contribution in [3.8, 4) is 17.3 Å². The maximum Gasteiger partial charge on any atom is 0.258 e. The molecule has 2 N–H and O–H groups in total. The molecule has 1 aliphatic rings. The zero-order valence-corrected chi connectivity index (χ0v) is 13.4. The normalized spacial score (nSPS) is 15.5. The molecule has 0 bridgehead atoms. The van der Waals surface area contributed by atoms with E-state index in [4.69, 9.17) is 0 Å². The van der Waals surface area contributed by atoms with Crippen LogP contribution in [0.15, 0.2) is 27.5 Å². The summed E-state index contributed by atoms with van der Waals surface area (Å²) < 4.78 is 0.946. The predicted octanol–water partition coefficient (Wildman–Crippen LogP) is 3.87. The van der Waals surface area contributed by atoms with Crippen molar-refractivity contribution >= 4 is 15.9 Å². The molecule has 1 aromatic carbocycles. The Labute approximate surface area is 131 Å². The Hall–Kier alpha value is -1.62. The highest BCUT2D eigenvalue weighted by Crippen LogP contribution is 2.36. The minimum atomic E-state index is -0.221. The third-order valence-corrected chi connectivity index (χ3v) is 5.00. The van der Waals surface area contributed by atoms with Crippen LogP contribution in [0.2, 0.25) is 0 Å². The Bertz CT molecular complexity index is 734. The van der Waals surface area contributed by atoms with Gasteiger partial charge in [0.25, 0.3) is 5.56 Å². The molecule has 0 aliphatic heterocycles. The van der Waals surface area contributed by atoms with Crippen molar-refractivity contribution in [3.63, 3.8) is 0 Å². The van der Waals surface area contributed by atoms with Crippen LogP contribution >= 0.6 is 15.9 Å². The van der Waals surface area contributed by atoms with Gasteiger partial charge in [-0.1, -0.05) is 40.9 Å². The average molecular weight is 349 g/mol. The van der Waals surface area contributed by atoms with Crippen LogP contribution in [-0.2, 0) is 0 Å². The zero-order valence-electron chi connectivity index (χ0n) is 11.8. The second kappa shape index (κ2) is 5.64. The Morgan fingerprint density at radius 1 is 1.33 bits per heavy atom. The van der Waals surface area contributed by atoms with E-state index in [-0.39, 0.29) is 17.4 Å². The highest BCUT2D eigenvalue weighted by molar-refractivity contribution is 9.10. The van der Waals surface area contributed by atoms with Gasteiger partial charge >= 0.3 is 0 Å². The molecular weight excluding hydrogens is 332 g/mol. The number of aromatic hydroxyl groups is 1. The fraction of sp³-hybridized carbons (Fsp3) is 0.375. The summed E-state index contributed by atoms with van der Waals surface area (Å²) in [6.07, 6.45) is 4.12. The van der Waals surface area contributed by atoms with Crippen molar-refractivity contribution in [3.05, 3.63) is 44.2 Å². The molecule has 1 aliphatic carbocycles. The molecule has 110 valence electrons. The lowest BCUT2D eigenvalue weighted by molar-refractivity contribution is 0.436. The number of hydrogen-bond acceptors (Lipinski definition) is 3. The van der Waals surface area contributed by atoms with Gasteiger partial charge in [-0.15, -0.1) is 0 Å². The van der Waals surface area contributed by atoms with Gasteiger partial charge < -0.3 is 10.1 Å². The van der Waals surface area contributed by atoms with E-state index >= 15 is 0 Å². The summed E-state index contributed by atoms with van der Waals surface area (Å²) in [6.45, 7) is 1.99. The van der Waals surface area contributed by atoms with Gasteiger partial charge in [-0.05, 0) is 37.3 Å². The van der Waals surface area contributed by atoms with Gasteiger partial charge in [0, 0.05) is 10.0 Å². The van der Waals surface area contributed by atoms with Crippen LogP contribution in [0, 0.1) is 6.92 Å². The van der Waals surface area contributed by atoms with E-state index in [1.54, 1.807) is 0 Å². The van der Waals surface area contributed by atoms with E-state index in [9.17, 15) is 9.90 Å². The summed E-state index contributed by atoms with van der Waals surface area (Å²) >= 11 is 3.47. The maximum absolute atomic E-state index is 12.3. The highest BCUT2D eigenvalue weighted by atomic mass is 79.9. The fourth-order valence-corrected chi connectivity index (χ4v) is 3.31. The molecule has 2 aromatic rings. The van der Waals surface area contributed by atoms with E-state index in [0.717, 1.165) is 41.3 Å². The van der Waals surface area contributed by atoms with E-state index in [1.807, 2.05) is 25.1 Å². The minimum Gasteiger partial charge on any atom is -0.493 e. The first kappa shape index (κ1) is 14.3. The topological polar surface area (TPSA) is 66.0 Å². The predicted molar refractivity (Wildman–Crippen MR) is 85.6 cm³/mol. The summed E-state index contributed by atoms with van der Waals surface area (Å²) in [5.41, 5.74) is 2.11. The number of aromatic amines is 1. The number of H-pyrrole nitrogens is 1. The number of aromatic nitrogens is 2. The van der Waals surface area contributed by atoms with Gasteiger partial charge in [-0.2, -0.15) is 4.98 Å². The number of halogens is 1. The number of rotatable bonds is 2. The third-order valence-electron chi connectivity index (χ3n) is 4.14. The van der Waals surface area contributed by atoms with Crippen molar-refractivity contribution in [2.75, 3.05) is 0 Å². The number of nitrogens with zero attached hydrogens (tertiary/aromatic N) is 1. The van der Waals surface area contributed by atoms with Gasteiger partial charge in [0.15, 0.2) is 0 Å². The molecule has 1 fully saturated rings. The van der Waals surface area contributed by atoms with Crippen LogP contribution in [0.1, 0.15) is 42.7 Å². The molecule has 0 unspecified atom stereocenters. The van der Waals surface area contributed by atoms with E-state index in [0.29, 0.717) is 11.4 Å². The van der Waals surface area contributed by atoms with Gasteiger partial charge in [0.2, 0.25) is 5.88 Å². The Morgan fingerprint density at radius 2 is 2.05 bits per heavy atom. The number of nitrogens with one attached hydrogen (secondary N) is 1. The molecule has 21 heavy (non-hydrogen) atoms. The van der Waals surface area contributed by atoms with Crippen LogP contribution in [0.3, 0.4) is 0 Å². The first-order valence-corrected chi connectivity index (χ1v) is 7.95. The monoisotopic (exact) mass is 348 g/mol. The van der Waals surface area contributed by atoms with E-state index in [1.165, 1.54) is 0 Å². The van der Waals surface area contributed by atoms with Crippen LogP contribution in [0.4, 0.5) is 0 Å². The average Bonchev–Trinajstić information content (AvgIpc) is 2.95. The molecule has 5 heteroatoms. The van der Waals surface area contributed by atoms with Gasteiger partial charge in [0.05, 0.1) is 5.56 Å². The fourth-order valence-electron chi connectivity index (χ4n) is 2.93. The van der Waals surface area contributed by atoms with Crippen molar-refractivity contribution in [2.45, 2.75) is 38.5 Å². The molecule has 0 spiro atoms. The Kier molecular flexibility index (Phi) is 3.85. The molecule has 4 nitrogen and oxygen atoms in total. The Balaban J connectivity index is 2.05. The molecule has 0 radical (unpaired) electrons. The maximum atomic E-state index is 12.3. The molecule has 0 saturated heterocycles. The van der Waals surface area contributed by atoms with Gasteiger partial charge in [-0.25, -0.2) is 0 Å². The zero-order chi connectivity index (χ0) is 15.0. The van der Waals surface area contributed by atoms with Crippen molar-refractivity contribution < 1.29 is 5.11 Å². The minimum absolute atomic E-state index is 0.127. The molecule has 3 rings (SSSR count). The first-order chi connectivity index (χ1) is 10.1. The number of hydrogen-bond donors (Lipinski definition) is 2. The third kappa shape index (κ3) is 2.75.